The van der Waals surface area contributed by atoms with Crippen LogP contribution in [-0.2, 0) is 14.3 Å². The quantitative estimate of drug-likeness (QED) is 0.679. The van der Waals surface area contributed by atoms with E-state index in [4.69, 9.17) is 9.84 Å². The molecule has 0 aliphatic heterocycles. The molecule has 0 saturated heterocycles. The van der Waals surface area contributed by atoms with Gasteiger partial charge in [-0.1, -0.05) is 6.92 Å². The Balaban J connectivity index is 4.38. The highest BCUT2D eigenvalue weighted by atomic mass is 16.6. The Kier molecular flexibility index (Phi) is 7.02. The van der Waals surface area contributed by atoms with Crippen molar-refractivity contribution in [1.82, 2.24) is 10.6 Å². The van der Waals surface area contributed by atoms with Crippen LogP contribution in [-0.4, -0.2) is 41.3 Å². The van der Waals surface area contributed by atoms with Gasteiger partial charge in [0.05, 0.1) is 6.42 Å². The van der Waals surface area contributed by atoms with Crippen LogP contribution in [0.2, 0.25) is 0 Å². The third-order valence-electron chi connectivity index (χ3n) is 2.44. The summed E-state index contributed by atoms with van der Waals surface area (Å²) in [5.41, 5.74) is -0.592. The van der Waals surface area contributed by atoms with Crippen LogP contribution in [0.5, 0.6) is 0 Å². The molecule has 7 heteroatoms. The van der Waals surface area contributed by atoms with Crippen molar-refractivity contribution in [1.29, 1.82) is 0 Å². The van der Waals surface area contributed by atoms with Crippen LogP contribution < -0.4 is 10.6 Å². The summed E-state index contributed by atoms with van der Waals surface area (Å²) in [5.74, 6) is -1.55. The molecule has 2 amide bonds. The summed E-state index contributed by atoms with van der Waals surface area (Å²) in [6.07, 6.45) is -0.766. The van der Waals surface area contributed by atoms with E-state index in [1.165, 1.54) is 6.92 Å². The summed E-state index contributed by atoms with van der Waals surface area (Å²) in [6.45, 7) is 8.54. The van der Waals surface area contributed by atoms with Gasteiger partial charge in [0.1, 0.15) is 5.60 Å². The molecule has 0 radical (unpaired) electrons. The number of aliphatic carboxylic acids is 1. The summed E-state index contributed by atoms with van der Waals surface area (Å²) >= 11 is 0. The molecule has 0 spiro atoms. The van der Waals surface area contributed by atoms with Gasteiger partial charge in [0, 0.05) is 19.5 Å². The fourth-order valence-corrected chi connectivity index (χ4v) is 1.54. The number of ether oxygens (including phenoxy) is 1. The molecule has 20 heavy (non-hydrogen) atoms. The van der Waals surface area contributed by atoms with Crippen LogP contribution >= 0.6 is 0 Å². The standard InChI is InChI=1S/C13H24N2O5/c1-8(7-14-12(19)20-13(3,4)5)10(6-11(17)18)15-9(2)16/h8,10H,6-7H2,1-5H3,(H,14,19)(H,15,16)(H,17,18). The molecule has 2 atom stereocenters. The van der Waals surface area contributed by atoms with Crippen LogP contribution in [0.3, 0.4) is 0 Å². The fourth-order valence-electron chi connectivity index (χ4n) is 1.54. The lowest BCUT2D eigenvalue weighted by molar-refractivity contribution is -0.138. The zero-order chi connectivity index (χ0) is 15.9. The van der Waals surface area contributed by atoms with E-state index in [2.05, 4.69) is 10.6 Å². The monoisotopic (exact) mass is 288 g/mol. The minimum absolute atomic E-state index is 0.198. The predicted octanol–water partition coefficient (Wildman–Crippen LogP) is 1.13. The first-order valence-electron chi connectivity index (χ1n) is 6.47. The maximum atomic E-state index is 11.5. The van der Waals surface area contributed by atoms with Crippen LogP contribution in [0.25, 0.3) is 0 Å². The van der Waals surface area contributed by atoms with Crippen molar-refractivity contribution < 1.29 is 24.2 Å². The summed E-state index contributed by atoms with van der Waals surface area (Å²) < 4.78 is 5.08. The van der Waals surface area contributed by atoms with Crippen molar-refractivity contribution in [2.75, 3.05) is 6.54 Å². The fraction of sp³-hybridized carbons (Fsp3) is 0.769. The molecule has 0 aliphatic rings. The smallest absolute Gasteiger partial charge is 0.407 e. The Morgan fingerprint density at radius 2 is 1.80 bits per heavy atom. The van der Waals surface area contributed by atoms with Crippen molar-refractivity contribution in [3.05, 3.63) is 0 Å². The van der Waals surface area contributed by atoms with E-state index in [0.29, 0.717) is 0 Å². The van der Waals surface area contributed by atoms with Crippen molar-refractivity contribution in [3.8, 4) is 0 Å². The van der Waals surface area contributed by atoms with Gasteiger partial charge in [-0.2, -0.15) is 0 Å². The first-order chi connectivity index (χ1) is 9.01. The highest BCUT2D eigenvalue weighted by Gasteiger charge is 2.23. The predicted molar refractivity (Wildman–Crippen MR) is 73.3 cm³/mol. The lowest BCUT2D eigenvalue weighted by Gasteiger charge is -2.25. The second kappa shape index (κ2) is 7.72. The van der Waals surface area contributed by atoms with Crippen LogP contribution in [0.1, 0.15) is 41.0 Å². The molecule has 0 bridgehead atoms. The Morgan fingerprint density at radius 1 is 1.25 bits per heavy atom. The third kappa shape index (κ3) is 9.18. The Morgan fingerprint density at radius 3 is 2.20 bits per heavy atom. The molecule has 2 unspecified atom stereocenters. The van der Waals surface area contributed by atoms with Gasteiger partial charge in [-0.05, 0) is 26.7 Å². The number of rotatable bonds is 6. The largest absolute Gasteiger partial charge is 0.481 e. The minimum Gasteiger partial charge on any atom is -0.481 e. The van der Waals surface area contributed by atoms with Crippen LogP contribution in [0, 0.1) is 5.92 Å². The minimum atomic E-state index is -1.01. The van der Waals surface area contributed by atoms with Gasteiger partial charge in [0.2, 0.25) is 5.91 Å². The van der Waals surface area contributed by atoms with E-state index in [9.17, 15) is 14.4 Å². The third-order valence-corrected chi connectivity index (χ3v) is 2.44. The maximum Gasteiger partial charge on any atom is 0.407 e. The van der Waals surface area contributed by atoms with Crippen molar-refractivity contribution >= 4 is 18.0 Å². The zero-order valence-electron chi connectivity index (χ0n) is 12.6. The Hall–Kier alpha value is -1.79. The molecule has 0 heterocycles. The molecule has 0 aromatic carbocycles. The average molecular weight is 288 g/mol. The number of nitrogens with one attached hydrogen (secondary N) is 2. The second-order valence-corrected chi connectivity index (χ2v) is 5.76. The molecule has 7 nitrogen and oxygen atoms in total. The van der Waals surface area contributed by atoms with Crippen LogP contribution in [0.15, 0.2) is 0 Å². The molecular weight excluding hydrogens is 264 g/mol. The number of hydrogen-bond acceptors (Lipinski definition) is 4. The summed E-state index contributed by atoms with van der Waals surface area (Å²) in [7, 11) is 0. The Labute approximate surface area is 119 Å². The van der Waals surface area contributed by atoms with Gasteiger partial charge in [-0.15, -0.1) is 0 Å². The number of alkyl carbamates (subject to hydrolysis) is 1. The van der Waals surface area contributed by atoms with E-state index in [-0.39, 0.29) is 24.8 Å². The number of amides is 2. The van der Waals surface area contributed by atoms with Gasteiger partial charge in [-0.25, -0.2) is 4.79 Å². The highest BCUT2D eigenvalue weighted by molar-refractivity contribution is 5.75. The number of hydrogen-bond donors (Lipinski definition) is 3. The summed E-state index contributed by atoms with van der Waals surface area (Å²) in [6, 6.07) is -0.542. The number of carboxylic acid groups (broad SMARTS) is 1. The van der Waals surface area contributed by atoms with E-state index in [1.807, 2.05) is 0 Å². The lowest BCUT2D eigenvalue weighted by Crippen LogP contribution is -2.44. The van der Waals surface area contributed by atoms with Gasteiger partial charge < -0.3 is 20.5 Å². The normalized spacial score (nSPS) is 14.1. The summed E-state index contributed by atoms with van der Waals surface area (Å²) in [5, 5.41) is 13.9. The first-order valence-corrected chi connectivity index (χ1v) is 6.47. The molecular formula is C13H24N2O5. The van der Waals surface area contributed by atoms with Crippen LogP contribution in [0.4, 0.5) is 4.79 Å². The van der Waals surface area contributed by atoms with E-state index in [0.717, 1.165) is 0 Å². The molecule has 0 fully saturated rings. The lowest BCUT2D eigenvalue weighted by atomic mass is 9.99. The zero-order valence-corrected chi connectivity index (χ0v) is 12.6. The molecule has 0 saturated carbocycles. The maximum absolute atomic E-state index is 11.5. The second-order valence-electron chi connectivity index (χ2n) is 5.76. The highest BCUT2D eigenvalue weighted by Crippen LogP contribution is 2.09. The van der Waals surface area contributed by atoms with E-state index in [1.54, 1.807) is 27.7 Å². The molecule has 116 valence electrons. The number of carbonyl (C=O) groups excluding carboxylic acids is 2. The van der Waals surface area contributed by atoms with E-state index < -0.39 is 23.7 Å². The van der Waals surface area contributed by atoms with Crippen molar-refractivity contribution in [2.24, 2.45) is 5.92 Å². The van der Waals surface area contributed by atoms with Crippen molar-refractivity contribution in [2.45, 2.75) is 52.7 Å². The molecule has 3 N–H and O–H groups in total. The molecule has 0 rings (SSSR count). The first kappa shape index (κ1) is 18.2. The molecule has 0 aliphatic carbocycles. The van der Waals surface area contributed by atoms with Crippen molar-refractivity contribution in [3.63, 3.8) is 0 Å². The average Bonchev–Trinajstić information content (AvgIpc) is 2.21. The summed E-state index contributed by atoms with van der Waals surface area (Å²) in [4.78, 5) is 33.3. The SMILES string of the molecule is CC(=O)NC(CC(=O)O)C(C)CNC(=O)OC(C)(C)C. The van der Waals surface area contributed by atoms with Gasteiger partial charge in [-0.3, -0.25) is 9.59 Å². The van der Waals surface area contributed by atoms with E-state index >= 15 is 0 Å². The number of carboxylic acids is 1. The van der Waals surface area contributed by atoms with Gasteiger partial charge in [0.15, 0.2) is 0 Å². The Bertz CT molecular complexity index is 346. The van der Waals surface area contributed by atoms with Gasteiger partial charge in [0.25, 0.3) is 0 Å². The van der Waals surface area contributed by atoms with Gasteiger partial charge >= 0.3 is 12.1 Å². The number of carbonyl (C=O) groups is 3. The molecule has 0 aromatic rings. The molecule has 0 aromatic heterocycles. The topological polar surface area (TPSA) is 105 Å².